The van der Waals surface area contributed by atoms with Gasteiger partial charge in [-0.05, 0) is 25.0 Å². The fraction of sp³-hybridized carbons (Fsp3) is 0.556. The zero-order chi connectivity index (χ0) is 16.8. The van der Waals surface area contributed by atoms with Gasteiger partial charge in [0.1, 0.15) is 6.54 Å². The summed E-state index contributed by atoms with van der Waals surface area (Å²) in [5.41, 5.74) is 1.77. The number of hydrogen-bond acceptors (Lipinski definition) is 4. The van der Waals surface area contributed by atoms with Crippen LogP contribution >= 0.6 is 0 Å². The topological polar surface area (TPSA) is 79.2 Å². The number of hydrogen-bond donors (Lipinski definition) is 3. The molecule has 0 radical (unpaired) electrons. The van der Waals surface area contributed by atoms with Crippen molar-refractivity contribution in [3.05, 3.63) is 24.3 Å². The van der Waals surface area contributed by atoms with Crippen LogP contribution in [0.2, 0.25) is 0 Å². The van der Waals surface area contributed by atoms with Gasteiger partial charge in [0.25, 0.3) is 0 Å². The lowest BCUT2D eigenvalue weighted by atomic mass is 10.1. The standard InChI is InChI=1S/C18H26N4O2/c23-12-11-19-18-21-15-9-5-6-10-16(15)22(18)13-17(24)20-14-7-3-1-2-4-8-14/h5-6,9-10,14,23H,1-4,7-8,11-13H2,(H,19,21)(H,20,24). The number of aromatic nitrogens is 2. The second kappa shape index (κ2) is 8.15. The minimum absolute atomic E-state index is 0.0251. The van der Waals surface area contributed by atoms with Gasteiger partial charge in [-0.3, -0.25) is 4.79 Å². The van der Waals surface area contributed by atoms with Crippen LogP contribution < -0.4 is 10.6 Å². The van der Waals surface area contributed by atoms with Crippen molar-refractivity contribution in [2.24, 2.45) is 0 Å². The molecule has 1 aliphatic rings. The molecular weight excluding hydrogens is 304 g/mol. The Balaban J connectivity index is 1.73. The Morgan fingerprint density at radius 3 is 2.71 bits per heavy atom. The van der Waals surface area contributed by atoms with Crippen LogP contribution in [0.1, 0.15) is 38.5 Å². The highest BCUT2D eigenvalue weighted by molar-refractivity contribution is 5.83. The summed E-state index contributed by atoms with van der Waals surface area (Å²) in [5, 5.41) is 15.3. The summed E-state index contributed by atoms with van der Waals surface area (Å²) >= 11 is 0. The van der Waals surface area contributed by atoms with Crippen LogP contribution in [0.3, 0.4) is 0 Å². The lowest BCUT2D eigenvalue weighted by Gasteiger charge is -2.17. The maximum Gasteiger partial charge on any atom is 0.240 e. The Morgan fingerprint density at radius 1 is 1.21 bits per heavy atom. The zero-order valence-electron chi connectivity index (χ0n) is 14.0. The number of carbonyl (C=O) groups is 1. The molecule has 6 heteroatoms. The Bertz CT molecular complexity index is 675. The quantitative estimate of drug-likeness (QED) is 0.710. The minimum atomic E-state index is 0.0251. The van der Waals surface area contributed by atoms with Gasteiger partial charge in [-0.1, -0.05) is 37.8 Å². The average molecular weight is 330 g/mol. The molecule has 1 aromatic heterocycles. The third-order valence-corrected chi connectivity index (χ3v) is 4.57. The molecule has 1 heterocycles. The molecule has 1 fully saturated rings. The molecule has 3 rings (SSSR count). The summed E-state index contributed by atoms with van der Waals surface area (Å²) in [6.07, 6.45) is 7.09. The molecule has 6 nitrogen and oxygen atoms in total. The molecule has 1 saturated carbocycles. The number of nitrogens with zero attached hydrogens (tertiary/aromatic N) is 2. The van der Waals surface area contributed by atoms with E-state index in [-0.39, 0.29) is 19.1 Å². The Kier molecular flexibility index (Phi) is 5.69. The van der Waals surface area contributed by atoms with Crippen LogP contribution in [-0.2, 0) is 11.3 Å². The SMILES string of the molecule is O=C(Cn1c(NCCO)nc2ccccc21)NC1CCCCCC1. The Hall–Kier alpha value is -2.08. The molecule has 0 unspecified atom stereocenters. The van der Waals surface area contributed by atoms with Gasteiger partial charge in [-0.15, -0.1) is 0 Å². The molecule has 3 N–H and O–H groups in total. The number of anilines is 1. The van der Waals surface area contributed by atoms with Crippen molar-refractivity contribution in [3.63, 3.8) is 0 Å². The zero-order valence-corrected chi connectivity index (χ0v) is 14.0. The van der Waals surface area contributed by atoms with Gasteiger partial charge in [0, 0.05) is 12.6 Å². The summed E-state index contributed by atoms with van der Waals surface area (Å²) in [6.45, 7) is 0.676. The van der Waals surface area contributed by atoms with E-state index < -0.39 is 0 Å². The lowest BCUT2D eigenvalue weighted by molar-refractivity contribution is -0.122. The predicted octanol–water partition coefficient (Wildman–Crippen LogP) is 2.28. The maximum atomic E-state index is 12.5. The van der Waals surface area contributed by atoms with Crippen molar-refractivity contribution < 1.29 is 9.90 Å². The molecule has 24 heavy (non-hydrogen) atoms. The first-order valence-corrected chi connectivity index (χ1v) is 8.87. The van der Waals surface area contributed by atoms with Crippen LogP contribution in [-0.4, -0.2) is 39.8 Å². The number of imidazole rings is 1. The van der Waals surface area contributed by atoms with Gasteiger partial charge in [0.15, 0.2) is 0 Å². The van der Waals surface area contributed by atoms with Crippen LogP contribution in [0, 0.1) is 0 Å². The number of aliphatic hydroxyl groups excluding tert-OH is 1. The van der Waals surface area contributed by atoms with Crippen LogP contribution in [0.5, 0.6) is 0 Å². The molecule has 130 valence electrons. The third-order valence-electron chi connectivity index (χ3n) is 4.57. The maximum absolute atomic E-state index is 12.5. The summed E-state index contributed by atoms with van der Waals surface area (Å²) in [7, 11) is 0. The monoisotopic (exact) mass is 330 g/mol. The van der Waals surface area contributed by atoms with Gasteiger partial charge >= 0.3 is 0 Å². The smallest absolute Gasteiger partial charge is 0.240 e. The molecule has 1 amide bonds. The highest BCUT2D eigenvalue weighted by Gasteiger charge is 2.17. The lowest BCUT2D eigenvalue weighted by Crippen LogP contribution is -2.36. The molecule has 0 saturated heterocycles. The summed E-state index contributed by atoms with van der Waals surface area (Å²) < 4.78 is 1.89. The van der Waals surface area contributed by atoms with E-state index >= 15 is 0 Å². The fourth-order valence-corrected chi connectivity index (χ4v) is 3.38. The van der Waals surface area contributed by atoms with E-state index in [1.54, 1.807) is 0 Å². The number of carbonyl (C=O) groups excluding carboxylic acids is 1. The summed E-state index contributed by atoms with van der Waals surface area (Å²) in [5.74, 6) is 0.651. The normalized spacial score (nSPS) is 16.0. The van der Waals surface area contributed by atoms with Crippen LogP contribution in [0.15, 0.2) is 24.3 Å². The number of fused-ring (bicyclic) bond motifs is 1. The summed E-state index contributed by atoms with van der Waals surface area (Å²) in [4.78, 5) is 17.0. The van der Waals surface area contributed by atoms with E-state index in [1.807, 2.05) is 28.8 Å². The Morgan fingerprint density at radius 2 is 1.96 bits per heavy atom. The number of aliphatic hydroxyl groups is 1. The highest BCUT2D eigenvalue weighted by Crippen LogP contribution is 2.20. The molecule has 1 aromatic carbocycles. The molecule has 0 aliphatic heterocycles. The molecule has 0 atom stereocenters. The third kappa shape index (κ3) is 4.06. The van der Waals surface area contributed by atoms with Gasteiger partial charge in [-0.2, -0.15) is 0 Å². The van der Waals surface area contributed by atoms with Gasteiger partial charge < -0.3 is 20.3 Å². The number of para-hydroxylation sites is 2. The molecule has 2 aromatic rings. The minimum Gasteiger partial charge on any atom is -0.395 e. The number of amides is 1. The molecular formula is C18H26N4O2. The van der Waals surface area contributed by atoms with Gasteiger partial charge in [-0.25, -0.2) is 4.98 Å². The first-order valence-electron chi connectivity index (χ1n) is 8.87. The first-order chi connectivity index (χ1) is 11.8. The highest BCUT2D eigenvalue weighted by atomic mass is 16.3. The second-order valence-corrected chi connectivity index (χ2v) is 6.42. The van der Waals surface area contributed by atoms with Crippen LogP contribution in [0.4, 0.5) is 5.95 Å². The van der Waals surface area contributed by atoms with E-state index in [0.29, 0.717) is 18.5 Å². The second-order valence-electron chi connectivity index (χ2n) is 6.42. The fourth-order valence-electron chi connectivity index (χ4n) is 3.38. The van der Waals surface area contributed by atoms with E-state index in [4.69, 9.17) is 5.11 Å². The van der Waals surface area contributed by atoms with Crippen molar-refractivity contribution in [1.29, 1.82) is 0 Å². The van der Waals surface area contributed by atoms with Crippen molar-refractivity contribution >= 4 is 22.9 Å². The van der Waals surface area contributed by atoms with E-state index in [9.17, 15) is 4.79 Å². The molecule has 0 spiro atoms. The van der Waals surface area contributed by atoms with Gasteiger partial charge in [0.2, 0.25) is 11.9 Å². The summed E-state index contributed by atoms with van der Waals surface area (Å²) in [6, 6.07) is 8.06. The molecule has 1 aliphatic carbocycles. The van der Waals surface area contributed by atoms with E-state index in [2.05, 4.69) is 15.6 Å². The van der Waals surface area contributed by atoms with Crippen molar-refractivity contribution in [1.82, 2.24) is 14.9 Å². The Labute approximate surface area is 142 Å². The van der Waals surface area contributed by atoms with Crippen molar-refractivity contribution in [3.8, 4) is 0 Å². The van der Waals surface area contributed by atoms with Crippen molar-refractivity contribution in [2.75, 3.05) is 18.5 Å². The first kappa shape index (κ1) is 16.8. The largest absolute Gasteiger partial charge is 0.395 e. The van der Waals surface area contributed by atoms with E-state index in [0.717, 1.165) is 23.9 Å². The number of benzene rings is 1. The average Bonchev–Trinajstić information content (AvgIpc) is 2.74. The number of nitrogens with one attached hydrogen (secondary N) is 2. The van der Waals surface area contributed by atoms with Crippen molar-refractivity contribution in [2.45, 2.75) is 51.1 Å². The number of rotatable bonds is 6. The van der Waals surface area contributed by atoms with Crippen LogP contribution in [0.25, 0.3) is 11.0 Å². The molecule has 0 bridgehead atoms. The predicted molar refractivity (Wildman–Crippen MR) is 94.9 cm³/mol. The van der Waals surface area contributed by atoms with Gasteiger partial charge in [0.05, 0.1) is 17.6 Å². The van der Waals surface area contributed by atoms with E-state index in [1.165, 1.54) is 25.7 Å².